The molecule has 3 N–H and O–H groups in total. The van der Waals surface area contributed by atoms with E-state index >= 15 is 0 Å². The third-order valence-corrected chi connectivity index (χ3v) is 5.10. The number of benzene rings is 2. The van der Waals surface area contributed by atoms with Gasteiger partial charge in [-0.05, 0) is 55.7 Å². The first-order valence-electron chi connectivity index (χ1n) is 9.58. The summed E-state index contributed by atoms with van der Waals surface area (Å²) in [5.41, 5.74) is 8.45. The largest absolute Gasteiger partial charge is 0.436 e. The second-order valence-electron chi connectivity index (χ2n) is 7.21. The number of para-hydroxylation sites is 1. The lowest BCUT2D eigenvalue weighted by molar-refractivity contribution is 0.0994. The van der Waals surface area contributed by atoms with Gasteiger partial charge in [0.2, 0.25) is 5.89 Å². The number of aromatic nitrogens is 3. The summed E-state index contributed by atoms with van der Waals surface area (Å²) < 4.78 is 20.8. The highest BCUT2D eigenvalue weighted by atomic mass is 35.5. The molecule has 4 rings (SSSR count). The van der Waals surface area contributed by atoms with Crippen molar-refractivity contribution >= 4 is 29.4 Å². The SMILES string of the molecule is C[C@H](O)[C@@H](CCc1cccc2oc(-c3ccc(F)cc3)nc12)n1cnc(C(N)=O)c1.Cl. The first kappa shape index (κ1) is 22.5. The van der Waals surface area contributed by atoms with Crippen LogP contribution in [-0.4, -0.2) is 31.7 Å². The first-order chi connectivity index (χ1) is 14.4. The molecule has 4 aromatic rings. The van der Waals surface area contributed by atoms with E-state index in [4.69, 9.17) is 10.2 Å². The molecular weight excluding hydrogens is 423 g/mol. The number of primary amides is 1. The number of aliphatic hydroxyl groups is 1. The fourth-order valence-electron chi connectivity index (χ4n) is 3.51. The van der Waals surface area contributed by atoms with Gasteiger partial charge in [0.1, 0.15) is 17.0 Å². The molecule has 0 bridgehead atoms. The van der Waals surface area contributed by atoms with Crippen molar-refractivity contribution in [3.63, 3.8) is 0 Å². The molecule has 0 aliphatic carbocycles. The summed E-state index contributed by atoms with van der Waals surface area (Å²) in [7, 11) is 0. The number of aliphatic hydroxyl groups excluding tert-OH is 1. The predicted octanol–water partition coefficient (Wildman–Crippen LogP) is 3.91. The predicted molar refractivity (Wildman–Crippen MR) is 116 cm³/mol. The average molecular weight is 445 g/mol. The van der Waals surface area contributed by atoms with Crippen LogP contribution in [0, 0.1) is 5.82 Å². The van der Waals surface area contributed by atoms with Crippen molar-refractivity contribution in [1.29, 1.82) is 0 Å². The van der Waals surface area contributed by atoms with Crippen LogP contribution in [0.5, 0.6) is 0 Å². The van der Waals surface area contributed by atoms with Gasteiger partial charge in [0, 0.05) is 11.8 Å². The minimum absolute atomic E-state index is 0. The summed E-state index contributed by atoms with van der Waals surface area (Å²) in [4.78, 5) is 19.9. The van der Waals surface area contributed by atoms with Crippen LogP contribution in [0.3, 0.4) is 0 Å². The van der Waals surface area contributed by atoms with Gasteiger partial charge in [0.15, 0.2) is 5.58 Å². The maximum Gasteiger partial charge on any atom is 0.268 e. The molecule has 0 unspecified atom stereocenters. The van der Waals surface area contributed by atoms with E-state index in [1.807, 2.05) is 18.2 Å². The van der Waals surface area contributed by atoms with Gasteiger partial charge in [-0.3, -0.25) is 4.79 Å². The van der Waals surface area contributed by atoms with Gasteiger partial charge in [-0.1, -0.05) is 12.1 Å². The van der Waals surface area contributed by atoms with Crippen molar-refractivity contribution in [2.45, 2.75) is 31.9 Å². The molecule has 9 heteroatoms. The van der Waals surface area contributed by atoms with E-state index in [-0.39, 0.29) is 30.0 Å². The Morgan fingerprint density at radius 1 is 1.26 bits per heavy atom. The lowest BCUT2D eigenvalue weighted by atomic mass is 10.0. The average Bonchev–Trinajstić information content (AvgIpc) is 3.36. The summed E-state index contributed by atoms with van der Waals surface area (Å²) in [6.45, 7) is 1.69. The quantitative estimate of drug-likeness (QED) is 0.449. The molecule has 7 nitrogen and oxygen atoms in total. The van der Waals surface area contributed by atoms with Gasteiger partial charge < -0.3 is 19.8 Å². The number of halogens is 2. The van der Waals surface area contributed by atoms with Gasteiger partial charge in [-0.25, -0.2) is 14.4 Å². The summed E-state index contributed by atoms with van der Waals surface area (Å²) in [6.07, 6.45) is 3.59. The van der Waals surface area contributed by atoms with E-state index < -0.39 is 12.0 Å². The summed E-state index contributed by atoms with van der Waals surface area (Å²) in [5, 5.41) is 10.3. The topological polar surface area (TPSA) is 107 Å². The molecule has 0 fully saturated rings. The normalized spacial score (nSPS) is 13.0. The Labute approximate surface area is 184 Å². The van der Waals surface area contributed by atoms with Crippen LogP contribution in [0.4, 0.5) is 4.39 Å². The first-order valence-corrected chi connectivity index (χ1v) is 9.58. The molecule has 2 atom stereocenters. The van der Waals surface area contributed by atoms with Gasteiger partial charge in [-0.15, -0.1) is 12.4 Å². The zero-order chi connectivity index (χ0) is 21.3. The van der Waals surface area contributed by atoms with Gasteiger partial charge in [-0.2, -0.15) is 0 Å². The fourth-order valence-corrected chi connectivity index (χ4v) is 3.51. The Balaban J connectivity index is 0.00000272. The number of hydrogen-bond acceptors (Lipinski definition) is 5. The van der Waals surface area contributed by atoms with Crippen LogP contribution < -0.4 is 5.73 Å². The Hall–Kier alpha value is -3.23. The van der Waals surface area contributed by atoms with E-state index in [1.54, 1.807) is 29.8 Å². The third-order valence-electron chi connectivity index (χ3n) is 5.10. The van der Waals surface area contributed by atoms with Crippen LogP contribution in [0.15, 0.2) is 59.4 Å². The number of carbonyl (C=O) groups excluding carboxylic acids is 1. The molecule has 0 spiro atoms. The number of aryl methyl sites for hydroxylation is 1. The molecule has 0 saturated heterocycles. The summed E-state index contributed by atoms with van der Waals surface area (Å²) in [5.74, 6) is -0.511. The highest BCUT2D eigenvalue weighted by molar-refractivity contribution is 5.90. The standard InChI is InChI=1S/C22H21FN4O3.ClH/c1-13(28)18(27-11-17(21(24)29)25-12-27)10-7-14-3-2-4-19-20(14)26-22(30-19)15-5-8-16(23)9-6-15;/h2-6,8-9,11-13,18,28H,7,10H2,1H3,(H2,24,29);1H/t13-,18+;/m0./s1. The monoisotopic (exact) mass is 444 g/mol. The molecule has 0 aliphatic heterocycles. The second-order valence-corrected chi connectivity index (χ2v) is 7.21. The highest BCUT2D eigenvalue weighted by Crippen LogP contribution is 2.28. The maximum absolute atomic E-state index is 13.2. The third kappa shape index (κ3) is 4.76. The van der Waals surface area contributed by atoms with Crippen LogP contribution in [0.25, 0.3) is 22.6 Å². The van der Waals surface area contributed by atoms with Crippen LogP contribution in [-0.2, 0) is 6.42 Å². The van der Waals surface area contributed by atoms with Crippen LogP contribution in [0.2, 0.25) is 0 Å². The van der Waals surface area contributed by atoms with Crippen LogP contribution in [0.1, 0.15) is 35.4 Å². The van der Waals surface area contributed by atoms with E-state index in [0.29, 0.717) is 29.9 Å². The van der Waals surface area contributed by atoms with Crippen molar-refractivity contribution in [3.8, 4) is 11.5 Å². The molecule has 1 amide bonds. The number of hydrogen-bond donors (Lipinski definition) is 2. The minimum atomic E-state index is -0.661. The zero-order valence-electron chi connectivity index (χ0n) is 16.7. The number of fused-ring (bicyclic) bond motifs is 1. The minimum Gasteiger partial charge on any atom is -0.436 e. The number of oxazole rings is 1. The smallest absolute Gasteiger partial charge is 0.268 e. The van der Waals surface area contributed by atoms with Crippen molar-refractivity contribution in [2.24, 2.45) is 5.73 Å². The molecule has 0 saturated carbocycles. The van der Waals surface area contributed by atoms with Crippen molar-refractivity contribution in [1.82, 2.24) is 14.5 Å². The van der Waals surface area contributed by atoms with E-state index in [1.165, 1.54) is 18.5 Å². The molecule has 162 valence electrons. The van der Waals surface area contributed by atoms with E-state index in [2.05, 4.69) is 9.97 Å². The molecule has 2 aromatic carbocycles. The molecule has 0 aliphatic rings. The lowest BCUT2D eigenvalue weighted by Gasteiger charge is -2.21. The number of nitrogens with zero attached hydrogens (tertiary/aromatic N) is 3. The second kappa shape index (κ2) is 9.28. The fraction of sp³-hybridized carbons (Fsp3) is 0.227. The summed E-state index contributed by atoms with van der Waals surface area (Å²) in [6, 6.07) is 11.4. The molecular formula is C22H22ClFN4O3. The molecule has 2 aromatic heterocycles. The number of amides is 1. The number of nitrogens with two attached hydrogens (primary N) is 1. The van der Waals surface area contributed by atoms with E-state index in [0.717, 1.165) is 11.1 Å². The zero-order valence-corrected chi connectivity index (χ0v) is 17.6. The molecule has 2 heterocycles. The molecule has 0 radical (unpaired) electrons. The van der Waals surface area contributed by atoms with Crippen molar-refractivity contribution in [3.05, 3.63) is 72.1 Å². The number of rotatable bonds is 7. The van der Waals surface area contributed by atoms with Crippen LogP contribution >= 0.6 is 12.4 Å². The Morgan fingerprint density at radius 2 is 2.00 bits per heavy atom. The Morgan fingerprint density at radius 3 is 2.65 bits per heavy atom. The highest BCUT2D eigenvalue weighted by Gasteiger charge is 2.20. The number of imidazole rings is 1. The number of carbonyl (C=O) groups is 1. The molecule has 31 heavy (non-hydrogen) atoms. The summed E-state index contributed by atoms with van der Waals surface area (Å²) >= 11 is 0. The van der Waals surface area contributed by atoms with Gasteiger partial charge in [0.05, 0.1) is 18.5 Å². The van der Waals surface area contributed by atoms with Crippen molar-refractivity contribution < 1.29 is 18.7 Å². The Bertz CT molecular complexity index is 1190. The van der Waals surface area contributed by atoms with Gasteiger partial charge in [0.25, 0.3) is 5.91 Å². The van der Waals surface area contributed by atoms with Gasteiger partial charge >= 0.3 is 0 Å². The maximum atomic E-state index is 13.2. The van der Waals surface area contributed by atoms with E-state index in [9.17, 15) is 14.3 Å². The lowest BCUT2D eigenvalue weighted by Crippen LogP contribution is -2.21. The Kier molecular flexibility index (Phi) is 6.72. The van der Waals surface area contributed by atoms with Crippen molar-refractivity contribution in [2.75, 3.05) is 0 Å².